The first-order valence-corrected chi connectivity index (χ1v) is 17.3. The summed E-state index contributed by atoms with van der Waals surface area (Å²) in [5.41, 5.74) is 8.93. The summed E-state index contributed by atoms with van der Waals surface area (Å²) in [5.74, 6) is 2.48. The lowest BCUT2D eigenvalue weighted by Crippen LogP contribution is -2.36. The minimum absolute atomic E-state index is 0.475. The highest BCUT2D eigenvalue weighted by molar-refractivity contribution is 7.21. The van der Waals surface area contributed by atoms with Crippen LogP contribution in [-0.2, 0) is 5.41 Å². The van der Waals surface area contributed by atoms with Gasteiger partial charge in [-0.1, -0.05) is 66.7 Å². The Morgan fingerprint density at radius 1 is 0.542 bits per heavy atom. The van der Waals surface area contributed by atoms with Crippen LogP contribution in [0.5, 0.6) is 0 Å². The highest BCUT2D eigenvalue weighted by Crippen LogP contribution is 2.64. The molecule has 10 rings (SSSR count). The zero-order chi connectivity index (χ0) is 31.7. The van der Waals surface area contributed by atoms with Crippen molar-refractivity contribution in [2.45, 2.75) is 5.41 Å². The monoisotopic (exact) mass is 653 g/mol. The van der Waals surface area contributed by atoms with Gasteiger partial charge >= 0.3 is 0 Å². The molecule has 0 unspecified atom stereocenters. The van der Waals surface area contributed by atoms with E-state index in [1.165, 1.54) is 26.4 Å². The number of fused-ring (bicyclic) bond motifs is 9. The quantitative estimate of drug-likeness (QED) is 0.187. The van der Waals surface area contributed by atoms with Crippen LogP contribution in [0.1, 0.15) is 22.3 Å². The van der Waals surface area contributed by atoms with Crippen molar-refractivity contribution < 1.29 is 0 Å². The molecule has 0 fully saturated rings. The first-order valence-electron chi connectivity index (χ1n) is 15.5. The average molecular weight is 654 g/mol. The Labute approximate surface area is 284 Å². The molecule has 0 atom stereocenters. The number of anilines is 3. The van der Waals surface area contributed by atoms with Crippen LogP contribution >= 0.6 is 22.7 Å². The van der Waals surface area contributed by atoms with E-state index in [9.17, 15) is 0 Å². The smallest absolute Gasteiger partial charge is 0.182 e. The molecule has 9 heteroatoms. The van der Waals surface area contributed by atoms with E-state index in [0.29, 0.717) is 23.2 Å². The van der Waals surface area contributed by atoms with Crippen molar-refractivity contribution in [2.24, 2.45) is 0 Å². The Balaban J connectivity index is 1.18. The number of hydrogen-bond acceptors (Lipinski definition) is 9. The molecule has 1 aliphatic heterocycles. The van der Waals surface area contributed by atoms with Gasteiger partial charge in [-0.05, 0) is 76.0 Å². The lowest BCUT2D eigenvalue weighted by molar-refractivity contribution is 0.738. The molecule has 1 aliphatic carbocycles. The summed E-state index contributed by atoms with van der Waals surface area (Å²) in [6.45, 7) is 0. The number of hydrogen-bond donors (Lipinski definition) is 0. The summed E-state index contributed by atoms with van der Waals surface area (Å²) in [6, 6.07) is 39.4. The molecular weight excluding hydrogens is 631 g/mol. The van der Waals surface area contributed by atoms with Crippen molar-refractivity contribution in [3.8, 4) is 44.0 Å². The second-order valence-corrected chi connectivity index (χ2v) is 13.5. The maximum atomic E-state index is 4.98. The summed E-state index contributed by atoms with van der Waals surface area (Å²) in [6.07, 6.45) is 3.57. The van der Waals surface area contributed by atoms with Gasteiger partial charge in [-0.2, -0.15) is 5.10 Å². The normalized spacial score (nSPS) is 13.5. The highest BCUT2D eigenvalue weighted by atomic mass is 32.1. The summed E-state index contributed by atoms with van der Waals surface area (Å²) >= 11 is 3.62. The number of aromatic nitrogens is 6. The second-order valence-electron chi connectivity index (χ2n) is 11.6. The van der Waals surface area contributed by atoms with Gasteiger partial charge in [0.25, 0.3) is 0 Å². The van der Waals surface area contributed by atoms with Gasteiger partial charge in [-0.25, -0.2) is 15.0 Å². The minimum atomic E-state index is -0.475. The predicted molar refractivity (Wildman–Crippen MR) is 191 cm³/mol. The van der Waals surface area contributed by atoms with Gasteiger partial charge in [-0.15, -0.1) is 27.8 Å². The maximum Gasteiger partial charge on any atom is 0.182 e. The molecule has 2 aliphatic rings. The van der Waals surface area contributed by atoms with Crippen molar-refractivity contribution in [1.29, 1.82) is 0 Å². The van der Waals surface area contributed by atoms with Gasteiger partial charge in [0.2, 0.25) is 0 Å². The molecule has 3 aromatic carbocycles. The fraction of sp³-hybridized carbons (Fsp3) is 0.0256. The number of para-hydroxylation sites is 1. The molecule has 0 amide bonds. The third-order valence-corrected chi connectivity index (χ3v) is 11.1. The van der Waals surface area contributed by atoms with E-state index < -0.39 is 5.41 Å². The minimum Gasteiger partial charge on any atom is -0.293 e. The Bertz CT molecular complexity index is 2340. The van der Waals surface area contributed by atoms with Crippen molar-refractivity contribution >= 4 is 39.9 Å². The number of benzene rings is 3. The van der Waals surface area contributed by atoms with Gasteiger partial charge in [-0.3, -0.25) is 9.88 Å². The van der Waals surface area contributed by atoms with Crippen LogP contribution in [0.3, 0.4) is 0 Å². The first-order chi connectivity index (χ1) is 23.8. The van der Waals surface area contributed by atoms with Gasteiger partial charge < -0.3 is 0 Å². The third-order valence-electron chi connectivity index (χ3n) is 9.13. The van der Waals surface area contributed by atoms with E-state index in [4.69, 9.17) is 20.1 Å². The molecular formula is C39H23N7S2. The van der Waals surface area contributed by atoms with Crippen LogP contribution < -0.4 is 4.90 Å². The largest absolute Gasteiger partial charge is 0.293 e. The van der Waals surface area contributed by atoms with Crippen molar-refractivity contribution in [3.63, 3.8) is 0 Å². The molecule has 0 N–H and O–H groups in total. The van der Waals surface area contributed by atoms with E-state index in [1.54, 1.807) is 6.20 Å². The lowest BCUT2D eigenvalue weighted by atomic mass is 9.66. The molecule has 1 spiro atoms. The topological polar surface area (TPSA) is 80.6 Å². The number of thiophene rings is 2. The summed E-state index contributed by atoms with van der Waals surface area (Å²) in [5, 5.41) is 13.7. The third kappa shape index (κ3) is 3.86. The highest BCUT2D eigenvalue weighted by Gasteiger charge is 2.53. The maximum absolute atomic E-state index is 4.98. The van der Waals surface area contributed by atoms with E-state index in [1.807, 2.05) is 89.5 Å². The van der Waals surface area contributed by atoms with Gasteiger partial charge in [0, 0.05) is 38.3 Å². The Kier molecular flexibility index (Phi) is 5.99. The van der Waals surface area contributed by atoms with Crippen molar-refractivity contribution in [2.75, 3.05) is 4.90 Å². The van der Waals surface area contributed by atoms with Gasteiger partial charge in [0.15, 0.2) is 23.3 Å². The lowest BCUT2D eigenvalue weighted by Gasteiger charge is -2.43. The molecule has 6 heterocycles. The predicted octanol–water partition coefficient (Wildman–Crippen LogP) is 9.33. The molecule has 0 bridgehead atoms. The van der Waals surface area contributed by atoms with Gasteiger partial charge in [0.05, 0.1) is 17.3 Å². The standard InChI is InChI=1S/C39H23N7S2/c1-2-9-24(10-3-1)35-42-36(44-37(43-35)31-14-6-7-19-40-31)25-11-8-12-26(23-25)46-32-15-5-4-13-27(32)39(30-16-20-41-45-38(30)46)28-17-21-47-33(28)34-29(39)18-22-48-34/h1-23H. The fourth-order valence-electron chi connectivity index (χ4n) is 7.19. The molecule has 5 aromatic heterocycles. The first kappa shape index (κ1) is 27.2. The van der Waals surface area contributed by atoms with Crippen LogP contribution in [0.4, 0.5) is 17.2 Å². The number of nitrogens with zero attached hydrogens (tertiary/aromatic N) is 7. The summed E-state index contributed by atoms with van der Waals surface area (Å²) in [7, 11) is 0. The SMILES string of the molecule is c1ccc(-c2nc(-c3cccc(N4c5ccccc5C5(c6ccnnc64)c4ccsc4-c4sccc45)c3)nc(-c3ccccn3)n2)cc1. The Morgan fingerprint density at radius 2 is 1.25 bits per heavy atom. The van der Waals surface area contributed by atoms with E-state index in [0.717, 1.165) is 33.9 Å². The summed E-state index contributed by atoms with van der Waals surface area (Å²) < 4.78 is 0. The second kappa shape index (κ2) is 10.6. The van der Waals surface area contributed by atoms with E-state index >= 15 is 0 Å². The molecule has 0 saturated carbocycles. The Morgan fingerprint density at radius 3 is 2.04 bits per heavy atom. The molecule has 0 saturated heterocycles. The van der Waals surface area contributed by atoms with Crippen molar-refractivity contribution in [1.82, 2.24) is 30.1 Å². The van der Waals surface area contributed by atoms with Gasteiger partial charge in [0.1, 0.15) is 5.69 Å². The Hall–Kier alpha value is -5.90. The molecule has 8 aromatic rings. The zero-order valence-electron chi connectivity index (χ0n) is 25.2. The van der Waals surface area contributed by atoms with Crippen molar-refractivity contribution in [3.05, 3.63) is 161 Å². The van der Waals surface area contributed by atoms with E-state index in [2.05, 4.69) is 80.3 Å². The number of rotatable bonds is 4. The summed E-state index contributed by atoms with van der Waals surface area (Å²) in [4.78, 5) is 24.2. The molecule has 0 radical (unpaired) electrons. The van der Waals surface area contributed by atoms with E-state index in [-0.39, 0.29) is 0 Å². The van der Waals surface area contributed by atoms with Crippen LogP contribution in [0, 0.1) is 0 Å². The fourth-order valence-corrected chi connectivity index (χ4v) is 9.29. The van der Waals surface area contributed by atoms with Crippen LogP contribution in [0.15, 0.2) is 138 Å². The van der Waals surface area contributed by atoms with Crippen LogP contribution in [-0.4, -0.2) is 30.1 Å². The zero-order valence-corrected chi connectivity index (χ0v) is 26.9. The average Bonchev–Trinajstić information content (AvgIpc) is 3.90. The van der Waals surface area contributed by atoms with Crippen LogP contribution in [0.25, 0.3) is 44.0 Å². The molecule has 7 nitrogen and oxygen atoms in total. The molecule has 48 heavy (non-hydrogen) atoms. The number of pyridine rings is 1. The molecule has 226 valence electrons. The van der Waals surface area contributed by atoms with Crippen LogP contribution in [0.2, 0.25) is 0 Å².